The molecule has 0 aromatic carbocycles. The van der Waals surface area contributed by atoms with Crippen LogP contribution in [0.4, 0.5) is 0 Å². The predicted molar refractivity (Wildman–Crippen MR) is 56.9 cm³/mol. The zero-order valence-corrected chi connectivity index (χ0v) is 9.53. The smallest absolute Gasteiger partial charge is 0.335 e. The van der Waals surface area contributed by atoms with E-state index in [1.165, 1.54) is 0 Å². The fourth-order valence-electron chi connectivity index (χ4n) is 0.270. The molecule has 2 atom stereocenters. The highest BCUT2D eigenvalue weighted by Gasteiger charge is 2.29. The summed E-state index contributed by atoms with van der Waals surface area (Å²) in [5.74, 6) is -4.00. The van der Waals surface area contributed by atoms with Gasteiger partial charge in [-0.2, -0.15) is 0 Å². The second-order valence-corrected chi connectivity index (χ2v) is 2.24. The van der Waals surface area contributed by atoms with E-state index >= 15 is 0 Å². The van der Waals surface area contributed by atoms with E-state index in [2.05, 4.69) is 5.73 Å². The molecule has 8 N–H and O–H groups in total. The average Bonchev–Trinajstić information content (AvgIpc) is 2.30. The molecule has 0 spiro atoms. The summed E-state index contributed by atoms with van der Waals surface area (Å²) in [5.41, 5.74) is 9.22. The average molecular weight is 254 g/mol. The maximum atomic E-state index is 9.77. The number of carbonyl (C=O) groups excluding carboxylic acids is 1. The third-order valence-electron chi connectivity index (χ3n) is 1.01. The number of carbonyl (C=O) groups is 3. The molecule has 0 fully saturated rings. The Morgan fingerprint density at radius 1 is 1.00 bits per heavy atom. The van der Waals surface area contributed by atoms with Gasteiger partial charge < -0.3 is 31.9 Å². The molecule has 17 heavy (non-hydrogen) atoms. The van der Waals surface area contributed by atoms with Gasteiger partial charge >= 0.3 is 11.9 Å². The number of carboxylic acid groups (broad SMARTS) is 2. The van der Waals surface area contributed by atoms with Crippen LogP contribution in [0.25, 0.3) is 0 Å². The van der Waals surface area contributed by atoms with Crippen LogP contribution in [0.5, 0.6) is 0 Å². The van der Waals surface area contributed by atoms with Gasteiger partial charge in [-0.05, 0) is 0 Å². The third-order valence-corrected chi connectivity index (χ3v) is 1.01. The minimum absolute atomic E-state index is 0.0556. The molecule has 0 aliphatic rings. The van der Waals surface area contributed by atoms with E-state index in [0.717, 1.165) is 0 Å². The largest absolute Gasteiger partial charge is 0.479 e. The standard InChI is InChI=1S/C4H6O6.C2H6N2O.C2H6/c5-1(3(7)8)2(6)4(9)10;3-1-2(4)5;1-2/h1-2,5-6H,(H,7,8)(H,9,10);1,3H2,(H2,4,5);1-2H3. The maximum absolute atomic E-state index is 9.77. The SMILES string of the molecule is CC.NCC(N)=O.O=C(O)C(O)C(O)C(=O)O. The minimum Gasteiger partial charge on any atom is -0.479 e. The van der Waals surface area contributed by atoms with Crippen LogP contribution in [-0.4, -0.2) is 57.0 Å². The van der Waals surface area contributed by atoms with Crippen LogP contribution >= 0.6 is 0 Å². The quantitative estimate of drug-likeness (QED) is 0.313. The number of hydrogen-bond acceptors (Lipinski definition) is 6. The summed E-state index contributed by atoms with van der Waals surface area (Å²) in [5, 5.41) is 32.5. The zero-order chi connectivity index (χ0) is 14.6. The Hall–Kier alpha value is -1.71. The number of aliphatic carboxylic acids is 2. The first-order valence-corrected chi connectivity index (χ1v) is 4.54. The predicted octanol–water partition coefficient (Wildman–Crippen LogP) is -2.67. The van der Waals surface area contributed by atoms with Gasteiger partial charge in [0.05, 0.1) is 6.54 Å². The molecule has 0 aromatic rings. The van der Waals surface area contributed by atoms with Crippen molar-refractivity contribution in [3.8, 4) is 0 Å². The summed E-state index contributed by atoms with van der Waals surface area (Å²) in [4.78, 5) is 29.0. The first-order valence-electron chi connectivity index (χ1n) is 4.54. The summed E-state index contributed by atoms with van der Waals surface area (Å²) in [7, 11) is 0. The van der Waals surface area contributed by atoms with Crippen molar-refractivity contribution in [1.82, 2.24) is 0 Å². The molecule has 9 nitrogen and oxygen atoms in total. The van der Waals surface area contributed by atoms with Crippen LogP contribution in [0.1, 0.15) is 13.8 Å². The maximum Gasteiger partial charge on any atom is 0.335 e. The van der Waals surface area contributed by atoms with Crippen molar-refractivity contribution in [2.75, 3.05) is 6.54 Å². The van der Waals surface area contributed by atoms with Crippen molar-refractivity contribution in [3.63, 3.8) is 0 Å². The first-order chi connectivity index (χ1) is 7.73. The van der Waals surface area contributed by atoms with Crippen LogP contribution in [-0.2, 0) is 14.4 Å². The second-order valence-electron chi connectivity index (χ2n) is 2.24. The molecule has 0 aromatic heterocycles. The first kappa shape index (κ1) is 20.7. The van der Waals surface area contributed by atoms with Gasteiger partial charge in [0.1, 0.15) is 0 Å². The fourth-order valence-corrected chi connectivity index (χ4v) is 0.270. The van der Waals surface area contributed by atoms with Gasteiger partial charge in [0.25, 0.3) is 0 Å². The lowest BCUT2D eigenvalue weighted by atomic mass is 10.2. The Morgan fingerprint density at radius 2 is 1.18 bits per heavy atom. The molecular weight excluding hydrogens is 236 g/mol. The number of amides is 1. The Morgan fingerprint density at radius 3 is 1.24 bits per heavy atom. The van der Waals surface area contributed by atoms with Gasteiger partial charge in [-0.25, -0.2) is 9.59 Å². The van der Waals surface area contributed by atoms with Crippen LogP contribution in [0.2, 0.25) is 0 Å². The Labute approximate surface area is 97.6 Å². The van der Waals surface area contributed by atoms with Gasteiger partial charge in [0.15, 0.2) is 12.2 Å². The summed E-state index contributed by atoms with van der Waals surface area (Å²) >= 11 is 0. The lowest BCUT2D eigenvalue weighted by Gasteiger charge is -2.07. The van der Waals surface area contributed by atoms with Crippen LogP contribution in [0.15, 0.2) is 0 Å². The van der Waals surface area contributed by atoms with Crippen molar-refractivity contribution in [3.05, 3.63) is 0 Å². The van der Waals surface area contributed by atoms with Gasteiger partial charge in [-0.1, -0.05) is 13.8 Å². The van der Waals surface area contributed by atoms with Gasteiger partial charge in [0.2, 0.25) is 5.91 Å². The number of rotatable bonds is 4. The molecule has 0 bridgehead atoms. The molecule has 0 saturated carbocycles. The lowest BCUT2D eigenvalue weighted by molar-refractivity contribution is -0.165. The summed E-state index contributed by atoms with van der Waals surface area (Å²) in [6.45, 7) is 3.94. The van der Waals surface area contributed by atoms with E-state index in [4.69, 9.17) is 26.2 Å². The third kappa shape index (κ3) is 14.3. The molecule has 0 radical (unpaired) electrons. The Balaban J connectivity index is -0.000000236. The van der Waals surface area contributed by atoms with E-state index in [-0.39, 0.29) is 6.54 Å². The number of nitrogens with two attached hydrogens (primary N) is 2. The Kier molecular flexibility index (Phi) is 15.0. The Bertz CT molecular complexity index is 226. The molecule has 102 valence electrons. The molecule has 2 unspecified atom stereocenters. The molecule has 9 heteroatoms. The number of aliphatic hydroxyl groups is 2. The fraction of sp³-hybridized carbons (Fsp3) is 0.625. The lowest BCUT2D eigenvalue weighted by Crippen LogP contribution is -2.39. The van der Waals surface area contributed by atoms with E-state index < -0.39 is 30.1 Å². The minimum atomic E-state index is -2.27. The molecule has 0 heterocycles. The molecule has 0 aliphatic heterocycles. The summed E-state index contributed by atoms with van der Waals surface area (Å²) < 4.78 is 0. The van der Waals surface area contributed by atoms with Crippen molar-refractivity contribution < 1.29 is 34.8 Å². The highest BCUT2D eigenvalue weighted by atomic mass is 16.4. The number of hydrogen-bond donors (Lipinski definition) is 6. The molecular formula is C8H18N2O7. The molecule has 0 rings (SSSR count). The van der Waals surface area contributed by atoms with Crippen LogP contribution in [0, 0.1) is 0 Å². The molecule has 0 saturated heterocycles. The zero-order valence-electron chi connectivity index (χ0n) is 9.53. The van der Waals surface area contributed by atoms with Gasteiger partial charge in [0, 0.05) is 0 Å². The number of carboxylic acids is 2. The van der Waals surface area contributed by atoms with Crippen LogP contribution in [0.3, 0.4) is 0 Å². The monoisotopic (exact) mass is 254 g/mol. The number of aliphatic hydroxyl groups excluding tert-OH is 2. The van der Waals surface area contributed by atoms with Crippen molar-refractivity contribution >= 4 is 17.8 Å². The van der Waals surface area contributed by atoms with Crippen LogP contribution < -0.4 is 11.5 Å². The highest BCUT2D eigenvalue weighted by molar-refractivity contribution is 5.83. The molecule has 0 aliphatic carbocycles. The van der Waals surface area contributed by atoms with E-state index in [0.29, 0.717) is 0 Å². The van der Waals surface area contributed by atoms with E-state index in [1.54, 1.807) is 0 Å². The summed E-state index contributed by atoms with van der Waals surface area (Å²) in [6, 6.07) is 0. The number of primary amides is 1. The normalized spacial score (nSPS) is 11.8. The molecule has 1 amide bonds. The van der Waals surface area contributed by atoms with Gasteiger partial charge in [-0.15, -0.1) is 0 Å². The van der Waals surface area contributed by atoms with Gasteiger partial charge in [-0.3, -0.25) is 4.79 Å². The van der Waals surface area contributed by atoms with E-state index in [9.17, 15) is 14.4 Å². The van der Waals surface area contributed by atoms with Crippen molar-refractivity contribution in [1.29, 1.82) is 0 Å². The topological polar surface area (TPSA) is 184 Å². The van der Waals surface area contributed by atoms with Crippen molar-refractivity contribution in [2.45, 2.75) is 26.1 Å². The second kappa shape index (κ2) is 12.4. The summed E-state index contributed by atoms with van der Waals surface area (Å²) in [6.07, 6.45) is -4.53. The van der Waals surface area contributed by atoms with Crippen molar-refractivity contribution in [2.24, 2.45) is 11.5 Å². The highest BCUT2D eigenvalue weighted by Crippen LogP contribution is 1.92. The van der Waals surface area contributed by atoms with E-state index in [1.807, 2.05) is 13.8 Å².